The summed E-state index contributed by atoms with van der Waals surface area (Å²) in [6.07, 6.45) is 10.3. The molecule has 0 heteroatoms. The summed E-state index contributed by atoms with van der Waals surface area (Å²) in [6, 6.07) is 0. The van der Waals surface area contributed by atoms with Crippen molar-refractivity contribution in [1.29, 1.82) is 0 Å². The highest BCUT2D eigenvalue weighted by Gasteiger charge is 2.84. The summed E-state index contributed by atoms with van der Waals surface area (Å²) >= 11 is 0. The highest BCUT2D eigenvalue weighted by molar-refractivity contribution is 5.31. The van der Waals surface area contributed by atoms with E-state index in [1.165, 1.54) is 32.1 Å². The molecule has 146 valence electrons. The largest absolute Gasteiger partial charge is 0.0654 e. The topological polar surface area (TPSA) is 0 Å². The molecule has 0 N–H and O–H groups in total. The van der Waals surface area contributed by atoms with E-state index in [4.69, 9.17) is 0 Å². The summed E-state index contributed by atoms with van der Waals surface area (Å²) in [4.78, 5) is 0. The summed E-state index contributed by atoms with van der Waals surface area (Å²) < 4.78 is 0. The lowest BCUT2D eigenvalue weighted by Crippen LogP contribution is -2.48. The van der Waals surface area contributed by atoms with Crippen molar-refractivity contribution < 1.29 is 0 Å². The zero-order chi connectivity index (χ0) is 18.6. The fraction of sp³-hybridized carbons (Fsp3) is 1.00. The van der Waals surface area contributed by atoms with Gasteiger partial charge >= 0.3 is 0 Å². The van der Waals surface area contributed by atoms with Gasteiger partial charge in [-0.3, -0.25) is 0 Å². The van der Waals surface area contributed by atoms with E-state index in [-0.39, 0.29) is 0 Å². The molecule has 25 heavy (non-hydrogen) atoms. The quantitative estimate of drug-likeness (QED) is 0.420. The normalized spacial score (nSPS) is 46.6. The van der Waals surface area contributed by atoms with Crippen LogP contribution in [0.25, 0.3) is 0 Å². The molecule has 0 aliphatic heterocycles. The Morgan fingerprint density at radius 1 is 1.00 bits per heavy atom. The Morgan fingerprint density at radius 2 is 1.68 bits per heavy atom. The predicted octanol–water partition coefficient (Wildman–Crippen LogP) is 7.82. The summed E-state index contributed by atoms with van der Waals surface area (Å²) in [5, 5.41) is 0. The van der Waals surface area contributed by atoms with E-state index in [1.807, 2.05) is 0 Å². The van der Waals surface area contributed by atoms with Gasteiger partial charge in [0, 0.05) is 0 Å². The third-order valence-corrected chi connectivity index (χ3v) is 9.57. The van der Waals surface area contributed by atoms with Gasteiger partial charge in [0.25, 0.3) is 0 Å². The maximum Gasteiger partial charge on any atom is -0.0221 e. The summed E-state index contributed by atoms with van der Waals surface area (Å²) in [6.45, 7) is 20.0. The van der Waals surface area contributed by atoms with Crippen molar-refractivity contribution >= 4 is 0 Å². The summed E-state index contributed by atoms with van der Waals surface area (Å²) in [5.41, 5.74) is 1.41. The minimum absolute atomic E-state index is 0.642. The molecule has 3 aliphatic carbocycles. The van der Waals surface area contributed by atoms with E-state index in [0.29, 0.717) is 5.41 Å². The highest BCUT2D eigenvalue weighted by atomic mass is 14.9. The van der Waals surface area contributed by atoms with Gasteiger partial charge in [0.05, 0.1) is 0 Å². The van der Waals surface area contributed by atoms with Crippen molar-refractivity contribution in [2.24, 2.45) is 58.2 Å². The molecule has 0 bridgehead atoms. The first-order chi connectivity index (χ1) is 11.8. The van der Waals surface area contributed by atoms with E-state index in [9.17, 15) is 0 Å². The van der Waals surface area contributed by atoms with E-state index in [1.54, 1.807) is 12.8 Å². The average Bonchev–Trinajstić information content (AvgIpc) is 2.93. The molecule has 3 aliphatic rings. The smallest absolute Gasteiger partial charge is 0.0221 e. The second-order valence-corrected chi connectivity index (χ2v) is 11.1. The molecule has 8 atom stereocenters. The summed E-state index contributed by atoms with van der Waals surface area (Å²) in [7, 11) is 0. The number of unbranched alkanes of at least 4 members (excludes halogenated alkanes) is 1. The van der Waals surface area contributed by atoms with Crippen LogP contribution in [0.15, 0.2) is 0 Å². The Balaban J connectivity index is 1.83. The lowest BCUT2D eigenvalue weighted by atomic mass is 9.51. The second kappa shape index (κ2) is 6.87. The van der Waals surface area contributed by atoms with Crippen molar-refractivity contribution in [3.63, 3.8) is 0 Å². The van der Waals surface area contributed by atoms with E-state index in [0.717, 1.165) is 52.8 Å². The molecule has 8 unspecified atom stereocenters. The van der Waals surface area contributed by atoms with Crippen LogP contribution < -0.4 is 0 Å². The Morgan fingerprint density at radius 3 is 2.16 bits per heavy atom. The molecule has 0 aromatic carbocycles. The molecule has 0 heterocycles. The van der Waals surface area contributed by atoms with Gasteiger partial charge in [-0.15, -0.1) is 0 Å². The van der Waals surface area contributed by atoms with Gasteiger partial charge in [-0.1, -0.05) is 87.5 Å². The monoisotopic (exact) mass is 346 g/mol. The third kappa shape index (κ3) is 2.67. The lowest BCUT2D eigenvalue weighted by Gasteiger charge is -2.53. The lowest BCUT2D eigenvalue weighted by molar-refractivity contribution is -0.0536. The number of hydrogen-bond donors (Lipinski definition) is 0. The molecular weight excluding hydrogens is 300 g/mol. The van der Waals surface area contributed by atoms with Gasteiger partial charge in [0.2, 0.25) is 0 Å². The van der Waals surface area contributed by atoms with Crippen molar-refractivity contribution in [3.05, 3.63) is 0 Å². The van der Waals surface area contributed by atoms with Gasteiger partial charge < -0.3 is 0 Å². The van der Waals surface area contributed by atoms with Gasteiger partial charge in [-0.2, -0.15) is 0 Å². The molecular formula is C25H46. The SMILES string of the molecule is CCCCC1CC2(CC1C(C)C)C1C(CC)C(C)(C(CC)C(C)C)C12. The molecule has 0 aromatic rings. The van der Waals surface area contributed by atoms with Crippen LogP contribution in [0.5, 0.6) is 0 Å². The number of rotatable bonds is 8. The van der Waals surface area contributed by atoms with E-state index >= 15 is 0 Å². The molecule has 3 rings (SSSR count). The van der Waals surface area contributed by atoms with Crippen LogP contribution >= 0.6 is 0 Å². The standard InChI is InChI=1S/C25H46/c1-9-12-13-18-14-25(15-19(18)16(4)5)22-21(11-3)24(8,23(22)25)20(10-2)17(6)7/h16-23H,9-15H2,1-8H3. The molecule has 0 nitrogen and oxygen atoms in total. The number of hydrogen-bond acceptors (Lipinski definition) is 0. The Kier molecular flexibility index (Phi) is 5.43. The molecule has 0 saturated heterocycles. The van der Waals surface area contributed by atoms with Crippen LogP contribution in [0.3, 0.4) is 0 Å². The van der Waals surface area contributed by atoms with Crippen LogP contribution in [-0.2, 0) is 0 Å². The van der Waals surface area contributed by atoms with Gasteiger partial charge in [0.1, 0.15) is 0 Å². The van der Waals surface area contributed by atoms with Crippen LogP contribution in [0.4, 0.5) is 0 Å². The van der Waals surface area contributed by atoms with Crippen LogP contribution in [0.2, 0.25) is 0 Å². The molecule has 1 spiro atoms. The zero-order valence-corrected chi connectivity index (χ0v) is 18.6. The van der Waals surface area contributed by atoms with Crippen LogP contribution in [0, 0.1) is 58.2 Å². The Bertz CT molecular complexity index is 463. The fourth-order valence-corrected chi connectivity index (χ4v) is 8.91. The van der Waals surface area contributed by atoms with Crippen LogP contribution in [-0.4, -0.2) is 0 Å². The predicted molar refractivity (Wildman–Crippen MR) is 110 cm³/mol. The Hall–Kier alpha value is 0. The molecule has 3 fully saturated rings. The maximum atomic E-state index is 2.72. The fourth-order valence-electron chi connectivity index (χ4n) is 8.91. The highest BCUT2D eigenvalue weighted by Crippen LogP contribution is 2.89. The third-order valence-electron chi connectivity index (χ3n) is 9.57. The van der Waals surface area contributed by atoms with Crippen molar-refractivity contribution in [1.82, 2.24) is 0 Å². The Labute approximate surface area is 158 Å². The van der Waals surface area contributed by atoms with Crippen LogP contribution in [0.1, 0.15) is 100 Å². The minimum atomic E-state index is 0.642. The van der Waals surface area contributed by atoms with E-state index in [2.05, 4.69) is 55.4 Å². The zero-order valence-electron chi connectivity index (χ0n) is 18.6. The first-order valence-corrected chi connectivity index (χ1v) is 11.8. The first-order valence-electron chi connectivity index (χ1n) is 11.8. The van der Waals surface area contributed by atoms with Crippen molar-refractivity contribution in [2.75, 3.05) is 0 Å². The van der Waals surface area contributed by atoms with Gasteiger partial charge in [-0.25, -0.2) is 0 Å². The molecule has 0 aromatic heterocycles. The molecule has 0 radical (unpaired) electrons. The molecule has 0 amide bonds. The first kappa shape index (κ1) is 19.8. The summed E-state index contributed by atoms with van der Waals surface area (Å²) in [5.74, 6) is 7.91. The van der Waals surface area contributed by atoms with Crippen molar-refractivity contribution in [3.8, 4) is 0 Å². The maximum absolute atomic E-state index is 2.72. The number of fused-ring (bicyclic) bond motifs is 3. The molecule has 3 saturated carbocycles. The average molecular weight is 347 g/mol. The van der Waals surface area contributed by atoms with Crippen molar-refractivity contribution in [2.45, 2.75) is 100 Å². The van der Waals surface area contributed by atoms with Gasteiger partial charge in [0.15, 0.2) is 0 Å². The minimum Gasteiger partial charge on any atom is -0.0654 e. The van der Waals surface area contributed by atoms with Gasteiger partial charge in [-0.05, 0) is 71.0 Å². The van der Waals surface area contributed by atoms with E-state index < -0.39 is 0 Å². The second-order valence-electron chi connectivity index (χ2n) is 11.1.